The number of pyridine rings is 1. The van der Waals surface area contributed by atoms with E-state index in [1.165, 1.54) is 6.20 Å². The first-order chi connectivity index (χ1) is 11.8. The van der Waals surface area contributed by atoms with Gasteiger partial charge in [-0.1, -0.05) is 18.2 Å². The third-order valence-electron chi connectivity index (χ3n) is 3.51. The number of nitrogens with one attached hydrogen (secondary N) is 2. The average Bonchev–Trinajstić information content (AvgIpc) is 2.62. The second kappa shape index (κ2) is 7.36. The van der Waals surface area contributed by atoms with E-state index in [0.717, 1.165) is 17.3 Å². The van der Waals surface area contributed by atoms with Gasteiger partial charge in [-0.05, 0) is 18.6 Å². The van der Waals surface area contributed by atoms with Crippen LogP contribution in [-0.2, 0) is 0 Å². The molecule has 0 unspecified atom stereocenters. The summed E-state index contributed by atoms with van der Waals surface area (Å²) in [6, 6.07) is 9.24. The number of aromatic nitrogens is 3. The minimum absolute atomic E-state index is 0.174. The van der Waals surface area contributed by atoms with Crippen molar-refractivity contribution in [2.45, 2.75) is 6.42 Å². The van der Waals surface area contributed by atoms with Crippen LogP contribution in [0.25, 0.3) is 10.9 Å². The van der Waals surface area contributed by atoms with E-state index in [0.29, 0.717) is 24.7 Å². The fourth-order valence-corrected chi connectivity index (χ4v) is 2.39. The zero-order valence-corrected chi connectivity index (χ0v) is 12.9. The van der Waals surface area contributed by atoms with Gasteiger partial charge in [0.15, 0.2) is 0 Å². The SMILES string of the molecule is O=C(O)c1cnc2ccccc2c1NCCCNc1ncccn1. The first-order valence-electron chi connectivity index (χ1n) is 7.61. The molecule has 0 spiro atoms. The number of carboxylic acid groups (broad SMARTS) is 1. The van der Waals surface area contributed by atoms with Gasteiger partial charge in [0.05, 0.1) is 11.2 Å². The van der Waals surface area contributed by atoms with Gasteiger partial charge in [-0.3, -0.25) is 4.98 Å². The highest BCUT2D eigenvalue weighted by Gasteiger charge is 2.13. The van der Waals surface area contributed by atoms with Gasteiger partial charge >= 0.3 is 5.97 Å². The van der Waals surface area contributed by atoms with E-state index in [4.69, 9.17) is 0 Å². The molecule has 0 saturated heterocycles. The zero-order valence-electron chi connectivity index (χ0n) is 12.9. The number of aromatic carboxylic acids is 1. The van der Waals surface area contributed by atoms with Crippen LogP contribution in [0.5, 0.6) is 0 Å². The molecule has 3 N–H and O–H groups in total. The second-order valence-electron chi connectivity index (χ2n) is 5.15. The molecular weight excluding hydrogens is 306 g/mol. The van der Waals surface area contributed by atoms with Crippen molar-refractivity contribution in [3.63, 3.8) is 0 Å². The Bertz CT molecular complexity index is 839. The van der Waals surface area contributed by atoms with Crippen LogP contribution in [0.1, 0.15) is 16.8 Å². The summed E-state index contributed by atoms with van der Waals surface area (Å²) in [6.07, 6.45) is 5.53. The van der Waals surface area contributed by atoms with E-state index in [-0.39, 0.29) is 5.56 Å². The molecule has 0 aliphatic heterocycles. The number of hydrogen-bond donors (Lipinski definition) is 3. The molecule has 0 aliphatic carbocycles. The Morgan fingerprint density at radius 2 is 1.75 bits per heavy atom. The standard InChI is InChI=1S/C17H17N5O2/c23-16(24)13-11-22-14-6-2-1-5-12(14)15(13)18-7-3-8-19-17-20-9-4-10-21-17/h1-2,4-6,9-11H,3,7-8H2,(H,18,22)(H,23,24)(H,19,20,21). The molecule has 2 aromatic heterocycles. The van der Waals surface area contributed by atoms with E-state index in [2.05, 4.69) is 25.6 Å². The van der Waals surface area contributed by atoms with Gasteiger partial charge in [0, 0.05) is 37.1 Å². The Morgan fingerprint density at radius 3 is 2.54 bits per heavy atom. The lowest BCUT2D eigenvalue weighted by Crippen LogP contribution is -2.13. The summed E-state index contributed by atoms with van der Waals surface area (Å²) in [6.45, 7) is 1.30. The normalized spacial score (nSPS) is 10.5. The van der Waals surface area contributed by atoms with E-state index in [1.807, 2.05) is 24.3 Å². The van der Waals surface area contributed by atoms with Gasteiger partial charge in [0.25, 0.3) is 0 Å². The van der Waals surface area contributed by atoms with Crippen molar-refractivity contribution in [2.75, 3.05) is 23.7 Å². The highest BCUT2D eigenvalue weighted by Crippen LogP contribution is 2.25. The number of fused-ring (bicyclic) bond motifs is 1. The van der Waals surface area contributed by atoms with Crippen LogP contribution in [-0.4, -0.2) is 39.1 Å². The third kappa shape index (κ3) is 3.57. The molecule has 3 rings (SSSR count). The van der Waals surface area contributed by atoms with Crippen LogP contribution >= 0.6 is 0 Å². The lowest BCUT2D eigenvalue weighted by molar-refractivity contribution is 0.0697. The van der Waals surface area contributed by atoms with Crippen molar-refractivity contribution in [2.24, 2.45) is 0 Å². The molecular formula is C17H17N5O2. The van der Waals surface area contributed by atoms with E-state index in [9.17, 15) is 9.90 Å². The molecule has 0 aliphatic rings. The maximum atomic E-state index is 11.4. The average molecular weight is 323 g/mol. The summed E-state index contributed by atoms with van der Waals surface area (Å²) in [4.78, 5) is 23.8. The second-order valence-corrected chi connectivity index (χ2v) is 5.15. The topological polar surface area (TPSA) is 100 Å². The minimum Gasteiger partial charge on any atom is -0.478 e. The molecule has 0 atom stereocenters. The summed E-state index contributed by atoms with van der Waals surface area (Å²) in [5.74, 6) is -0.412. The van der Waals surface area contributed by atoms with Crippen LogP contribution < -0.4 is 10.6 Å². The molecule has 3 aromatic rings. The van der Waals surface area contributed by atoms with Gasteiger partial charge in [0.1, 0.15) is 5.56 Å². The van der Waals surface area contributed by atoms with Crippen molar-refractivity contribution in [1.82, 2.24) is 15.0 Å². The van der Waals surface area contributed by atoms with Crippen molar-refractivity contribution < 1.29 is 9.90 Å². The van der Waals surface area contributed by atoms with Gasteiger partial charge in [-0.15, -0.1) is 0 Å². The number of anilines is 2. The van der Waals surface area contributed by atoms with Crippen LogP contribution in [0.2, 0.25) is 0 Å². The lowest BCUT2D eigenvalue weighted by atomic mass is 10.1. The third-order valence-corrected chi connectivity index (χ3v) is 3.51. The van der Waals surface area contributed by atoms with Crippen LogP contribution in [0.3, 0.4) is 0 Å². The summed E-state index contributed by atoms with van der Waals surface area (Å²) in [7, 11) is 0. The number of hydrogen-bond acceptors (Lipinski definition) is 6. The van der Waals surface area contributed by atoms with Crippen LogP contribution in [0.4, 0.5) is 11.6 Å². The van der Waals surface area contributed by atoms with Crippen molar-refractivity contribution >= 4 is 28.5 Å². The predicted octanol–water partition coefficient (Wildman–Crippen LogP) is 2.64. The van der Waals surface area contributed by atoms with E-state index >= 15 is 0 Å². The Balaban J connectivity index is 1.66. The molecule has 7 heteroatoms. The number of benzene rings is 1. The van der Waals surface area contributed by atoms with E-state index < -0.39 is 5.97 Å². The fourth-order valence-electron chi connectivity index (χ4n) is 2.39. The predicted molar refractivity (Wildman–Crippen MR) is 92.3 cm³/mol. The largest absolute Gasteiger partial charge is 0.478 e. The van der Waals surface area contributed by atoms with Crippen molar-refractivity contribution in [3.8, 4) is 0 Å². The first-order valence-corrected chi connectivity index (χ1v) is 7.61. The molecule has 0 bridgehead atoms. The molecule has 1 aromatic carbocycles. The zero-order chi connectivity index (χ0) is 16.8. The Labute approximate surface area is 138 Å². The van der Waals surface area contributed by atoms with Crippen molar-refractivity contribution in [3.05, 3.63) is 54.5 Å². The summed E-state index contributed by atoms with van der Waals surface area (Å²) in [5.41, 5.74) is 1.54. The van der Waals surface area contributed by atoms with Crippen LogP contribution in [0.15, 0.2) is 48.9 Å². The molecule has 0 saturated carbocycles. The summed E-state index contributed by atoms with van der Waals surface area (Å²) in [5, 5.41) is 16.5. The van der Waals surface area contributed by atoms with Gasteiger partial charge in [0.2, 0.25) is 5.95 Å². The molecule has 2 heterocycles. The van der Waals surface area contributed by atoms with Gasteiger partial charge < -0.3 is 15.7 Å². The molecule has 0 amide bonds. The number of para-hydroxylation sites is 1. The monoisotopic (exact) mass is 323 g/mol. The molecule has 7 nitrogen and oxygen atoms in total. The number of carboxylic acids is 1. The highest BCUT2D eigenvalue weighted by molar-refractivity contribution is 6.04. The molecule has 0 radical (unpaired) electrons. The Hall–Kier alpha value is -3.22. The first kappa shape index (κ1) is 15.7. The number of rotatable bonds is 7. The van der Waals surface area contributed by atoms with Crippen LogP contribution in [0, 0.1) is 0 Å². The number of nitrogens with zero attached hydrogens (tertiary/aromatic N) is 3. The van der Waals surface area contributed by atoms with E-state index in [1.54, 1.807) is 18.5 Å². The minimum atomic E-state index is -0.994. The lowest BCUT2D eigenvalue weighted by Gasteiger charge is -2.12. The molecule has 122 valence electrons. The Morgan fingerprint density at radius 1 is 1.00 bits per heavy atom. The quantitative estimate of drug-likeness (QED) is 0.575. The smallest absolute Gasteiger partial charge is 0.339 e. The van der Waals surface area contributed by atoms with Gasteiger partial charge in [-0.25, -0.2) is 14.8 Å². The number of carbonyl (C=O) groups is 1. The summed E-state index contributed by atoms with van der Waals surface area (Å²) < 4.78 is 0. The maximum Gasteiger partial charge on any atom is 0.339 e. The molecule has 24 heavy (non-hydrogen) atoms. The van der Waals surface area contributed by atoms with Crippen molar-refractivity contribution in [1.29, 1.82) is 0 Å². The summed E-state index contributed by atoms with van der Waals surface area (Å²) >= 11 is 0. The Kier molecular flexibility index (Phi) is 4.81. The fraction of sp³-hybridized carbons (Fsp3) is 0.176. The molecule has 0 fully saturated rings. The van der Waals surface area contributed by atoms with Gasteiger partial charge in [-0.2, -0.15) is 0 Å². The highest BCUT2D eigenvalue weighted by atomic mass is 16.4. The maximum absolute atomic E-state index is 11.4.